The van der Waals surface area contributed by atoms with Crippen LogP contribution >= 0.6 is 0 Å². The Bertz CT molecular complexity index is 754. The average molecular weight is 324 g/mol. The minimum absolute atomic E-state index is 0.00290. The number of benzene rings is 2. The molecule has 0 radical (unpaired) electrons. The fourth-order valence-electron chi connectivity index (χ4n) is 2.56. The van der Waals surface area contributed by atoms with Crippen molar-refractivity contribution in [2.45, 2.75) is 26.2 Å². The predicted octanol–water partition coefficient (Wildman–Crippen LogP) is 3.61. The number of aryl methyl sites for hydroxylation is 1. The molecule has 2 aromatic rings. The standard InChI is InChI=1S/C19H20N2O3/c1-2-3-4-13-5-8-15(9-6-13)20-19(23)14-7-10-17-16(11-14)21-18(22)12-24-17/h5-11H,2-4,12H2,1H3,(H,20,23)(H,21,22). The molecular weight excluding hydrogens is 304 g/mol. The van der Waals surface area contributed by atoms with E-state index in [-0.39, 0.29) is 18.4 Å². The summed E-state index contributed by atoms with van der Waals surface area (Å²) in [5.41, 5.74) is 3.00. The minimum Gasteiger partial charge on any atom is -0.482 e. The van der Waals surface area contributed by atoms with E-state index in [1.807, 2.05) is 24.3 Å². The molecule has 1 aliphatic heterocycles. The van der Waals surface area contributed by atoms with Crippen LogP contribution in [0.1, 0.15) is 35.7 Å². The van der Waals surface area contributed by atoms with Crippen molar-refractivity contribution in [2.24, 2.45) is 0 Å². The van der Waals surface area contributed by atoms with Gasteiger partial charge in [0, 0.05) is 11.3 Å². The molecule has 2 amide bonds. The number of unbranched alkanes of at least 4 members (excludes halogenated alkanes) is 1. The maximum absolute atomic E-state index is 12.4. The zero-order chi connectivity index (χ0) is 16.9. The molecule has 1 aliphatic rings. The van der Waals surface area contributed by atoms with Gasteiger partial charge < -0.3 is 15.4 Å². The van der Waals surface area contributed by atoms with Crippen LogP contribution in [0.3, 0.4) is 0 Å². The van der Waals surface area contributed by atoms with Crippen molar-refractivity contribution in [2.75, 3.05) is 17.2 Å². The number of amides is 2. The van der Waals surface area contributed by atoms with E-state index in [2.05, 4.69) is 17.6 Å². The second-order valence-electron chi connectivity index (χ2n) is 5.80. The molecule has 3 rings (SSSR count). The number of nitrogens with one attached hydrogen (secondary N) is 2. The summed E-state index contributed by atoms with van der Waals surface area (Å²) in [6, 6.07) is 12.9. The van der Waals surface area contributed by atoms with Crippen molar-refractivity contribution in [1.29, 1.82) is 0 Å². The van der Waals surface area contributed by atoms with Crippen LogP contribution in [0.2, 0.25) is 0 Å². The summed E-state index contributed by atoms with van der Waals surface area (Å²) in [6.07, 6.45) is 3.38. The fourth-order valence-corrected chi connectivity index (χ4v) is 2.56. The second kappa shape index (κ2) is 7.17. The molecule has 0 saturated heterocycles. The van der Waals surface area contributed by atoms with Crippen molar-refractivity contribution in [3.8, 4) is 5.75 Å². The van der Waals surface area contributed by atoms with E-state index in [0.717, 1.165) is 24.9 Å². The van der Waals surface area contributed by atoms with Crippen molar-refractivity contribution < 1.29 is 14.3 Å². The zero-order valence-corrected chi connectivity index (χ0v) is 13.6. The largest absolute Gasteiger partial charge is 0.482 e. The van der Waals surface area contributed by atoms with E-state index in [9.17, 15) is 9.59 Å². The molecule has 0 aromatic heterocycles. The van der Waals surface area contributed by atoms with Gasteiger partial charge in [0.15, 0.2) is 6.61 Å². The number of carbonyl (C=O) groups excluding carboxylic acids is 2. The quantitative estimate of drug-likeness (QED) is 0.883. The number of carbonyl (C=O) groups is 2. The van der Waals surface area contributed by atoms with Gasteiger partial charge in [-0.2, -0.15) is 0 Å². The topological polar surface area (TPSA) is 67.4 Å². The monoisotopic (exact) mass is 324 g/mol. The van der Waals surface area contributed by atoms with Crippen LogP contribution in [0.15, 0.2) is 42.5 Å². The van der Waals surface area contributed by atoms with Crippen LogP contribution in [-0.4, -0.2) is 18.4 Å². The Morgan fingerprint density at radius 1 is 1.21 bits per heavy atom. The SMILES string of the molecule is CCCCc1ccc(NC(=O)c2ccc3c(c2)NC(=O)CO3)cc1. The molecule has 0 saturated carbocycles. The number of fused-ring (bicyclic) bond motifs is 1. The van der Waals surface area contributed by atoms with Gasteiger partial charge in [-0.3, -0.25) is 9.59 Å². The van der Waals surface area contributed by atoms with Gasteiger partial charge in [0.1, 0.15) is 5.75 Å². The summed E-state index contributed by atoms with van der Waals surface area (Å²) < 4.78 is 5.29. The third kappa shape index (κ3) is 3.74. The first-order chi connectivity index (χ1) is 11.7. The van der Waals surface area contributed by atoms with Crippen molar-refractivity contribution >= 4 is 23.2 Å². The van der Waals surface area contributed by atoms with E-state index in [1.54, 1.807) is 18.2 Å². The Kier molecular flexibility index (Phi) is 4.79. The summed E-state index contributed by atoms with van der Waals surface area (Å²) >= 11 is 0. The first-order valence-electron chi connectivity index (χ1n) is 8.12. The summed E-state index contributed by atoms with van der Waals surface area (Å²) in [5, 5.41) is 5.57. The maximum Gasteiger partial charge on any atom is 0.262 e. The van der Waals surface area contributed by atoms with Crippen LogP contribution in [0.4, 0.5) is 11.4 Å². The van der Waals surface area contributed by atoms with Crippen molar-refractivity contribution in [1.82, 2.24) is 0 Å². The molecular formula is C19H20N2O3. The highest BCUT2D eigenvalue weighted by Gasteiger charge is 2.17. The molecule has 0 bridgehead atoms. The Morgan fingerprint density at radius 2 is 2.00 bits per heavy atom. The molecule has 5 nitrogen and oxygen atoms in total. The highest BCUT2D eigenvalue weighted by Crippen LogP contribution is 2.28. The minimum atomic E-state index is -0.223. The van der Waals surface area contributed by atoms with Crippen LogP contribution in [0.5, 0.6) is 5.75 Å². The Hall–Kier alpha value is -2.82. The lowest BCUT2D eigenvalue weighted by atomic mass is 10.1. The van der Waals surface area contributed by atoms with Gasteiger partial charge in [0.2, 0.25) is 0 Å². The normalized spacial score (nSPS) is 12.8. The molecule has 0 fully saturated rings. The van der Waals surface area contributed by atoms with Gasteiger partial charge in [-0.05, 0) is 48.7 Å². The van der Waals surface area contributed by atoms with E-state index in [1.165, 1.54) is 5.56 Å². The van der Waals surface area contributed by atoms with Crippen LogP contribution in [-0.2, 0) is 11.2 Å². The van der Waals surface area contributed by atoms with Crippen LogP contribution < -0.4 is 15.4 Å². The Morgan fingerprint density at radius 3 is 2.75 bits per heavy atom. The highest BCUT2D eigenvalue weighted by atomic mass is 16.5. The van der Waals surface area contributed by atoms with E-state index < -0.39 is 0 Å². The maximum atomic E-state index is 12.4. The molecule has 2 N–H and O–H groups in total. The molecule has 5 heteroatoms. The summed E-state index contributed by atoms with van der Waals surface area (Å²) in [7, 11) is 0. The van der Waals surface area contributed by atoms with E-state index >= 15 is 0 Å². The lowest BCUT2D eigenvalue weighted by molar-refractivity contribution is -0.118. The number of ether oxygens (including phenoxy) is 1. The number of anilines is 2. The molecule has 0 unspecified atom stereocenters. The van der Waals surface area contributed by atoms with Gasteiger partial charge in [-0.25, -0.2) is 0 Å². The fraction of sp³-hybridized carbons (Fsp3) is 0.263. The summed E-state index contributed by atoms with van der Waals surface area (Å²) in [6.45, 7) is 2.17. The molecule has 0 spiro atoms. The lowest BCUT2D eigenvalue weighted by Gasteiger charge is -2.18. The number of hydrogen-bond acceptors (Lipinski definition) is 3. The van der Waals surface area contributed by atoms with Gasteiger partial charge in [-0.15, -0.1) is 0 Å². The second-order valence-corrected chi connectivity index (χ2v) is 5.80. The zero-order valence-electron chi connectivity index (χ0n) is 13.6. The first kappa shape index (κ1) is 16.1. The van der Waals surface area contributed by atoms with E-state index in [0.29, 0.717) is 17.0 Å². The smallest absolute Gasteiger partial charge is 0.262 e. The van der Waals surface area contributed by atoms with Crippen molar-refractivity contribution in [3.05, 3.63) is 53.6 Å². The van der Waals surface area contributed by atoms with Gasteiger partial charge in [0.05, 0.1) is 5.69 Å². The third-order valence-corrected chi connectivity index (χ3v) is 3.91. The number of rotatable bonds is 5. The molecule has 0 atom stereocenters. The average Bonchev–Trinajstić information content (AvgIpc) is 2.60. The molecule has 0 aliphatic carbocycles. The van der Waals surface area contributed by atoms with Crippen LogP contribution in [0.25, 0.3) is 0 Å². The molecule has 2 aromatic carbocycles. The highest BCUT2D eigenvalue weighted by molar-refractivity contribution is 6.06. The van der Waals surface area contributed by atoms with Gasteiger partial charge in [0.25, 0.3) is 11.8 Å². The lowest BCUT2D eigenvalue weighted by Crippen LogP contribution is -2.25. The molecule has 1 heterocycles. The summed E-state index contributed by atoms with van der Waals surface area (Å²) in [5.74, 6) is 0.132. The Labute approximate surface area is 141 Å². The predicted molar refractivity (Wildman–Crippen MR) is 93.6 cm³/mol. The van der Waals surface area contributed by atoms with E-state index in [4.69, 9.17) is 4.74 Å². The van der Waals surface area contributed by atoms with Crippen molar-refractivity contribution in [3.63, 3.8) is 0 Å². The molecule has 124 valence electrons. The summed E-state index contributed by atoms with van der Waals surface area (Å²) in [4.78, 5) is 23.7. The number of hydrogen-bond donors (Lipinski definition) is 2. The third-order valence-electron chi connectivity index (χ3n) is 3.91. The van der Waals surface area contributed by atoms with Crippen LogP contribution in [0, 0.1) is 0 Å². The van der Waals surface area contributed by atoms with Gasteiger partial charge in [-0.1, -0.05) is 25.5 Å². The van der Waals surface area contributed by atoms with Gasteiger partial charge >= 0.3 is 0 Å². The Balaban J connectivity index is 1.68. The molecule has 24 heavy (non-hydrogen) atoms. The first-order valence-corrected chi connectivity index (χ1v) is 8.12.